The minimum absolute atomic E-state index is 0.0488. The van der Waals surface area contributed by atoms with Crippen LogP contribution in [0.15, 0.2) is 42.5 Å². The lowest BCUT2D eigenvalue weighted by atomic mass is 9.49. The van der Waals surface area contributed by atoms with Crippen molar-refractivity contribution >= 4 is 34.9 Å². The van der Waals surface area contributed by atoms with Gasteiger partial charge in [0.25, 0.3) is 5.91 Å². The van der Waals surface area contributed by atoms with Gasteiger partial charge in [-0.2, -0.15) is 18.4 Å². The maximum atomic E-state index is 13.6. The van der Waals surface area contributed by atoms with Crippen LogP contribution in [0.4, 0.5) is 18.9 Å². The highest BCUT2D eigenvalue weighted by Gasteiger charge is 2.52. The molecule has 0 aromatic heterocycles. The van der Waals surface area contributed by atoms with E-state index < -0.39 is 28.7 Å². The Morgan fingerprint density at radius 2 is 1.51 bits per heavy atom. The average Bonchev–Trinajstić information content (AvgIpc) is 3.23. The van der Waals surface area contributed by atoms with Crippen LogP contribution in [0, 0.1) is 34.5 Å². The number of hydrogen-bond donors (Lipinski definition) is 0. The third-order valence-electron chi connectivity index (χ3n) is 10.8. The van der Waals surface area contributed by atoms with Gasteiger partial charge >= 0.3 is 12.1 Å². The molecule has 9 nitrogen and oxygen atoms in total. The summed E-state index contributed by atoms with van der Waals surface area (Å²) in [6, 6.07) is 11.9. The molecule has 4 aliphatic carbocycles. The van der Waals surface area contributed by atoms with Gasteiger partial charge in [0.15, 0.2) is 5.11 Å². The molecule has 0 spiro atoms. The number of carbonyl (C=O) groups is 2. The summed E-state index contributed by atoms with van der Waals surface area (Å²) >= 11 is 5.59. The molecule has 4 bridgehead atoms. The van der Waals surface area contributed by atoms with E-state index in [2.05, 4.69) is 0 Å². The van der Waals surface area contributed by atoms with Crippen molar-refractivity contribution in [1.82, 2.24) is 4.90 Å². The summed E-state index contributed by atoms with van der Waals surface area (Å²) in [7, 11) is 0. The fraction of sp³-hybridized carbons (Fsp3) is 0.579. The predicted molar refractivity (Wildman–Crippen MR) is 186 cm³/mol. The zero-order chi connectivity index (χ0) is 36.4. The molecule has 4 saturated carbocycles. The molecule has 1 aliphatic heterocycles. The zero-order valence-electron chi connectivity index (χ0n) is 29.0. The third kappa shape index (κ3) is 8.34. The number of esters is 1. The van der Waals surface area contributed by atoms with Crippen molar-refractivity contribution in [1.29, 1.82) is 5.26 Å². The molecule has 1 saturated heterocycles. The van der Waals surface area contributed by atoms with Crippen molar-refractivity contribution < 1.29 is 41.7 Å². The molecule has 7 rings (SSSR count). The number of nitriles is 1. The quantitative estimate of drug-likeness (QED) is 0.109. The number of anilines is 1. The van der Waals surface area contributed by atoms with Crippen LogP contribution in [0.5, 0.6) is 5.75 Å². The normalized spacial score (nSPS) is 25.0. The Labute approximate surface area is 301 Å². The highest BCUT2D eigenvalue weighted by Crippen LogP contribution is 2.61. The fourth-order valence-electron chi connectivity index (χ4n) is 8.82. The van der Waals surface area contributed by atoms with Crippen molar-refractivity contribution in [3.05, 3.63) is 59.2 Å². The van der Waals surface area contributed by atoms with E-state index in [4.69, 9.17) is 36.4 Å². The number of thiocarbonyl (C=S) groups is 1. The highest BCUT2D eigenvalue weighted by molar-refractivity contribution is 7.80. The summed E-state index contributed by atoms with van der Waals surface area (Å²) < 4.78 is 63.2. The van der Waals surface area contributed by atoms with Crippen LogP contribution < -0.4 is 9.64 Å². The first kappa shape index (κ1) is 37.0. The van der Waals surface area contributed by atoms with Crippen molar-refractivity contribution in [3.63, 3.8) is 0 Å². The number of nitrogens with zero attached hydrogens (tertiary/aromatic N) is 3. The Morgan fingerprint density at radius 1 is 0.922 bits per heavy atom. The molecule has 2 aromatic carbocycles. The van der Waals surface area contributed by atoms with Crippen LogP contribution in [-0.4, -0.2) is 67.1 Å². The molecule has 2 aromatic rings. The summed E-state index contributed by atoms with van der Waals surface area (Å²) in [6.45, 7) is 5.58. The van der Waals surface area contributed by atoms with Crippen LogP contribution in [0.2, 0.25) is 0 Å². The fourth-order valence-corrected chi connectivity index (χ4v) is 9.31. The van der Waals surface area contributed by atoms with E-state index in [1.54, 1.807) is 36.9 Å². The molecule has 274 valence electrons. The van der Waals surface area contributed by atoms with Crippen molar-refractivity contribution in [3.8, 4) is 11.8 Å². The minimum Gasteiger partial charge on any atom is -0.491 e. The SMILES string of the molecule is CC1(C)C(=O)N(c2ccc(C#N)c(C(F)(F)F)c2)C(=S)N1Cc1ccc(OCCOCCOCCOC(=O)CC23CC4CC(CC(C4)C2)C3)cc1. The maximum absolute atomic E-state index is 13.6. The molecule has 1 amide bonds. The number of amides is 1. The second kappa shape index (κ2) is 15.1. The van der Waals surface area contributed by atoms with Gasteiger partial charge in [-0.25, -0.2) is 0 Å². The average molecular weight is 728 g/mol. The number of benzene rings is 2. The molecular formula is C38H44F3N3O6S. The van der Waals surface area contributed by atoms with Crippen molar-refractivity contribution in [2.75, 3.05) is 44.5 Å². The third-order valence-corrected chi connectivity index (χ3v) is 11.2. The Kier molecular flexibility index (Phi) is 11.0. The van der Waals surface area contributed by atoms with Crippen molar-refractivity contribution in [2.45, 2.75) is 77.1 Å². The van der Waals surface area contributed by atoms with Crippen LogP contribution >= 0.6 is 12.2 Å². The molecule has 13 heteroatoms. The Balaban J connectivity index is 0.872. The summed E-state index contributed by atoms with van der Waals surface area (Å²) in [5, 5.41) is 9.21. The summed E-state index contributed by atoms with van der Waals surface area (Å²) in [5.41, 5.74) is -1.84. The van der Waals surface area contributed by atoms with Crippen LogP contribution in [0.3, 0.4) is 0 Å². The lowest BCUT2D eigenvalue weighted by molar-refractivity contribution is -0.153. The van der Waals surface area contributed by atoms with E-state index >= 15 is 0 Å². The van der Waals surface area contributed by atoms with Gasteiger partial charge in [-0.3, -0.25) is 14.5 Å². The van der Waals surface area contributed by atoms with E-state index in [9.17, 15) is 22.8 Å². The standard InChI is InChI=1S/C38H44F3N3O6S/c1-36(2)34(46)44(30-6-5-29(23-42)32(18-30)38(39,40)41)35(51)43(36)24-25-3-7-31(8-4-25)49-13-11-47-9-10-48-12-14-50-33(45)22-37-19-26-15-27(20-37)17-28(16-26)21-37/h3-8,18,26-28H,9-17,19-22,24H2,1-2H3. The smallest absolute Gasteiger partial charge is 0.417 e. The van der Waals surface area contributed by atoms with Gasteiger partial charge in [-0.1, -0.05) is 12.1 Å². The van der Waals surface area contributed by atoms with Gasteiger partial charge in [0, 0.05) is 6.54 Å². The van der Waals surface area contributed by atoms with Gasteiger partial charge in [0.1, 0.15) is 24.5 Å². The number of alkyl halides is 3. The highest BCUT2D eigenvalue weighted by atomic mass is 32.1. The summed E-state index contributed by atoms with van der Waals surface area (Å²) in [6.07, 6.45) is 3.43. The Bertz CT molecular complexity index is 1620. The molecule has 51 heavy (non-hydrogen) atoms. The van der Waals surface area contributed by atoms with Gasteiger partial charge < -0.3 is 23.8 Å². The number of halogens is 3. The maximum Gasteiger partial charge on any atom is 0.417 e. The molecule has 5 fully saturated rings. The van der Waals surface area contributed by atoms with E-state index in [0.717, 1.165) is 40.3 Å². The molecule has 5 aliphatic rings. The molecule has 1 heterocycles. The molecule has 0 N–H and O–H groups in total. The first-order valence-corrected chi connectivity index (χ1v) is 18.0. The molecular weight excluding hydrogens is 683 g/mol. The lowest BCUT2D eigenvalue weighted by Gasteiger charge is -2.56. The summed E-state index contributed by atoms with van der Waals surface area (Å²) in [4.78, 5) is 28.7. The van der Waals surface area contributed by atoms with Gasteiger partial charge in [0.2, 0.25) is 0 Å². The Hall–Kier alpha value is -3.73. The zero-order valence-corrected chi connectivity index (χ0v) is 29.8. The molecule has 0 atom stereocenters. The van der Waals surface area contributed by atoms with Crippen LogP contribution in [-0.2, 0) is 36.5 Å². The lowest BCUT2D eigenvalue weighted by Crippen LogP contribution is -2.47. The number of carbonyl (C=O) groups excluding carboxylic acids is 2. The summed E-state index contributed by atoms with van der Waals surface area (Å²) in [5.74, 6) is 2.49. The number of hydrogen-bond acceptors (Lipinski definition) is 8. The topological polar surface area (TPSA) is 101 Å². The second-order valence-electron chi connectivity index (χ2n) is 14.9. The van der Waals surface area contributed by atoms with Gasteiger partial charge in [-0.05, 0) is 124 Å². The van der Waals surface area contributed by atoms with Gasteiger partial charge in [0.05, 0.1) is 55.7 Å². The number of ether oxygens (including phenoxy) is 4. The minimum atomic E-state index is -4.77. The molecule has 0 unspecified atom stereocenters. The van der Waals surface area contributed by atoms with Crippen LogP contribution in [0.25, 0.3) is 0 Å². The van der Waals surface area contributed by atoms with Crippen LogP contribution in [0.1, 0.15) is 75.5 Å². The van der Waals surface area contributed by atoms with E-state index in [-0.39, 0.29) is 35.3 Å². The Morgan fingerprint density at radius 3 is 2.10 bits per heavy atom. The second-order valence-corrected chi connectivity index (χ2v) is 15.3. The van der Waals surface area contributed by atoms with Crippen molar-refractivity contribution in [2.24, 2.45) is 23.2 Å². The first-order valence-electron chi connectivity index (χ1n) is 17.6. The largest absolute Gasteiger partial charge is 0.491 e. The molecule has 0 radical (unpaired) electrons. The number of rotatable bonds is 15. The van der Waals surface area contributed by atoms with Gasteiger partial charge in [-0.15, -0.1) is 0 Å². The first-order chi connectivity index (χ1) is 24.3. The van der Waals surface area contributed by atoms with E-state index in [1.807, 2.05) is 12.1 Å². The monoisotopic (exact) mass is 727 g/mol. The van der Waals surface area contributed by atoms with E-state index in [0.29, 0.717) is 45.2 Å². The van der Waals surface area contributed by atoms with E-state index in [1.165, 1.54) is 44.6 Å². The predicted octanol–water partition coefficient (Wildman–Crippen LogP) is 7.05.